The maximum Gasteiger partial charge on any atom is 0.262 e. The summed E-state index contributed by atoms with van der Waals surface area (Å²) < 4.78 is 18.9. The van der Waals surface area contributed by atoms with Gasteiger partial charge in [0.05, 0.1) is 18.9 Å². The number of carbonyl (C=O) groups is 2. The van der Waals surface area contributed by atoms with E-state index in [2.05, 4.69) is 10.3 Å². The lowest BCUT2D eigenvalue weighted by atomic mass is 9.98. The number of nitrogens with one attached hydrogen (secondary N) is 1. The van der Waals surface area contributed by atoms with Gasteiger partial charge in [0, 0.05) is 18.5 Å². The fourth-order valence-corrected chi connectivity index (χ4v) is 5.36. The molecular weight excluding hydrogens is 491 g/mol. The molecule has 1 N–H and O–H groups in total. The Balaban J connectivity index is 1.35. The minimum Gasteiger partial charge on any atom is -0.497 e. The second-order valence-electron chi connectivity index (χ2n) is 8.85. The molecule has 9 heteroatoms. The summed E-state index contributed by atoms with van der Waals surface area (Å²) >= 11 is 1.23. The Morgan fingerprint density at radius 1 is 1.14 bits per heavy atom. The molecule has 3 aromatic carbocycles. The molecule has 2 atom stereocenters. The molecule has 0 saturated heterocycles. The number of hydrogen-bond donors (Lipinski definition) is 1. The average molecular weight is 517 g/mol. The lowest BCUT2D eigenvalue weighted by molar-refractivity contribution is -0.121. The van der Waals surface area contributed by atoms with Crippen molar-refractivity contribution in [2.24, 2.45) is 10.1 Å². The van der Waals surface area contributed by atoms with Gasteiger partial charge in [-0.1, -0.05) is 36.0 Å². The number of hydrogen-bond acceptors (Lipinski definition) is 6. The van der Waals surface area contributed by atoms with Crippen molar-refractivity contribution < 1.29 is 18.7 Å². The summed E-state index contributed by atoms with van der Waals surface area (Å²) in [6.45, 7) is 1.94. The number of hydrazone groups is 1. The summed E-state index contributed by atoms with van der Waals surface area (Å²) in [5.41, 5.74) is 4.30. The smallest absolute Gasteiger partial charge is 0.262 e. The van der Waals surface area contributed by atoms with Gasteiger partial charge in [0.25, 0.3) is 5.91 Å². The van der Waals surface area contributed by atoms with E-state index in [4.69, 9.17) is 9.84 Å². The van der Waals surface area contributed by atoms with Crippen LogP contribution in [0.15, 0.2) is 82.9 Å². The average Bonchev–Trinajstić information content (AvgIpc) is 3.48. The fraction of sp³-hybridized carbons (Fsp3) is 0.214. The predicted molar refractivity (Wildman–Crippen MR) is 143 cm³/mol. The number of aryl methyl sites for hydroxylation is 1. The number of amidine groups is 1. The van der Waals surface area contributed by atoms with Crippen molar-refractivity contribution in [3.05, 3.63) is 95.3 Å². The highest BCUT2D eigenvalue weighted by Crippen LogP contribution is 2.38. The van der Waals surface area contributed by atoms with Crippen molar-refractivity contribution in [2.75, 3.05) is 12.4 Å². The number of anilines is 1. The lowest BCUT2D eigenvalue weighted by Gasteiger charge is -2.23. The van der Waals surface area contributed by atoms with Crippen molar-refractivity contribution in [3.8, 4) is 5.75 Å². The number of aliphatic imine (C=N–C) groups is 1. The van der Waals surface area contributed by atoms with Gasteiger partial charge in [-0.2, -0.15) is 10.1 Å². The summed E-state index contributed by atoms with van der Waals surface area (Å²) in [7, 11) is 1.61. The minimum atomic E-state index is -0.645. The molecule has 2 heterocycles. The summed E-state index contributed by atoms with van der Waals surface area (Å²) in [6, 6.07) is 21.1. The molecule has 0 aliphatic carbocycles. The third-order valence-corrected chi connectivity index (χ3v) is 7.33. The van der Waals surface area contributed by atoms with Gasteiger partial charge < -0.3 is 10.1 Å². The normalized spacial score (nSPS) is 19.0. The van der Waals surface area contributed by atoms with Crippen LogP contribution in [0, 0.1) is 12.7 Å². The highest BCUT2D eigenvalue weighted by Gasteiger charge is 2.39. The van der Waals surface area contributed by atoms with E-state index in [1.54, 1.807) is 24.3 Å². The lowest BCUT2D eigenvalue weighted by Crippen LogP contribution is -2.25. The molecule has 0 unspecified atom stereocenters. The van der Waals surface area contributed by atoms with Crippen molar-refractivity contribution in [1.82, 2.24) is 5.01 Å². The SMILES string of the molecule is COc1ccc(C2=NN(C3=NC(=O)[C@@H](CC(=O)Nc4cccc(C)c4)S3)[C@@H](c3ccc(F)cc3)C2)cc1. The van der Waals surface area contributed by atoms with Gasteiger partial charge in [0.1, 0.15) is 16.8 Å². The van der Waals surface area contributed by atoms with Crippen LogP contribution in [0.3, 0.4) is 0 Å². The van der Waals surface area contributed by atoms with E-state index < -0.39 is 5.25 Å². The number of ether oxygens (including phenoxy) is 1. The first-order valence-corrected chi connectivity index (χ1v) is 12.7. The summed E-state index contributed by atoms with van der Waals surface area (Å²) in [5, 5.41) is 9.16. The Labute approximate surface area is 218 Å². The van der Waals surface area contributed by atoms with E-state index in [1.807, 2.05) is 55.5 Å². The van der Waals surface area contributed by atoms with Crippen LogP contribution in [-0.2, 0) is 9.59 Å². The van der Waals surface area contributed by atoms with E-state index in [9.17, 15) is 14.0 Å². The number of amides is 2. The van der Waals surface area contributed by atoms with Gasteiger partial charge in [-0.25, -0.2) is 9.40 Å². The summed E-state index contributed by atoms with van der Waals surface area (Å²) in [6.07, 6.45) is 0.540. The standard InChI is InChI=1S/C28H25FN4O3S/c1-17-4-3-5-21(14-17)30-26(34)16-25-27(35)31-28(37-25)33-24(19-6-10-20(29)11-7-19)15-23(32-33)18-8-12-22(36-2)13-9-18/h3-14,24-25H,15-16H2,1-2H3,(H,30,34)/t24-,25-/m1/s1. The molecule has 0 fully saturated rings. The number of rotatable bonds is 6. The number of methoxy groups -OCH3 is 1. The van der Waals surface area contributed by atoms with Crippen molar-refractivity contribution in [2.45, 2.75) is 31.1 Å². The van der Waals surface area contributed by atoms with Crippen LogP contribution in [-0.4, -0.2) is 40.1 Å². The second-order valence-corrected chi connectivity index (χ2v) is 10.0. The summed E-state index contributed by atoms with van der Waals surface area (Å²) in [5.74, 6) is -0.216. The van der Waals surface area contributed by atoms with Gasteiger partial charge in [0.15, 0.2) is 5.17 Å². The Morgan fingerprint density at radius 3 is 2.59 bits per heavy atom. The Kier molecular flexibility index (Phi) is 7.05. The first kappa shape index (κ1) is 24.7. The molecule has 2 amide bonds. The highest BCUT2D eigenvalue weighted by atomic mass is 32.2. The minimum absolute atomic E-state index is 0.00541. The van der Waals surface area contributed by atoms with Gasteiger partial charge in [-0.05, 0) is 72.1 Å². The number of carbonyl (C=O) groups excluding carboxylic acids is 2. The van der Waals surface area contributed by atoms with E-state index in [0.29, 0.717) is 17.3 Å². The van der Waals surface area contributed by atoms with E-state index >= 15 is 0 Å². The van der Waals surface area contributed by atoms with Gasteiger partial charge in [-0.15, -0.1) is 0 Å². The molecule has 0 saturated carbocycles. The molecule has 3 aromatic rings. The molecule has 188 valence electrons. The Hall–Kier alpha value is -3.98. The van der Waals surface area contributed by atoms with Gasteiger partial charge in [-0.3, -0.25) is 9.59 Å². The molecule has 0 radical (unpaired) electrons. The van der Waals surface area contributed by atoms with Crippen LogP contribution >= 0.6 is 11.8 Å². The molecule has 0 spiro atoms. The molecule has 0 bridgehead atoms. The van der Waals surface area contributed by atoms with E-state index in [1.165, 1.54) is 23.9 Å². The van der Waals surface area contributed by atoms with E-state index in [-0.39, 0.29) is 30.1 Å². The molecule has 7 nitrogen and oxygen atoms in total. The predicted octanol–water partition coefficient (Wildman–Crippen LogP) is 5.32. The molecule has 2 aliphatic heterocycles. The second kappa shape index (κ2) is 10.6. The monoisotopic (exact) mass is 516 g/mol. The molecule has 0 aromatic heterocycles. The molecular formula is C28H25FN4O3S. The maximum absolute atomic E-state index is 13.6. The maximum atomic E-state index is 13.6. The quantitative estimate of drug-likeness (QED) is 0.480. The van der Waals surface area contributed by atoms with Crippen LogP contribution in [0.5, 0.6) is 5.75 Å². The van der Waals surface area contributed by atoms with Crippen LogP contribution in [0.4, 0.5) is 10.1 Å². The van der Waals surface area contributed by atoms with Crippen molar-refractivity contribution in [1.29, 1.82) is 0 Å². The van der Waals surface area contributed by atoms with Crippen LogP contribution in [0.2, 0.25) is 0 Å². The molecule has 5 rings (SSSR count). The van der Waals surface area contributed by atoms with Gasteiger partial charge >= 0.3 is 0 Å². The summed E-state index contributed by atoms with van der Waals surface area (Å²) in [4.78, 5) is 29.7. The number of nitrogens with zero attached hydrogens (tertiary/aromatic N) is 3. The van der Waals surface area contributed by atoms with Gasteiger partial charge in [0.2, 0.25) is 5.91 Å². The molecule has 2 aliphatic rings. The Morgan fingerprint density at radius 2 is 1.89 bits per heavy atom. The van der Waals surface area contributed by atoms with E-state index in [0.717, 1.165) is 28.2 Å². The van der Waals surface area contributed by atoms with Crippen molar-refractivity contribution >= 4 is 40.1 Å². The zero-order valence-electron chi connectivity index (χ0n) is 20.3. The van der Waals surface area contributed by atoms with Crippen molar-refractivity contribution in [3.63, 3.8) is 0 Å². The first-order chi connectivity index (χ1) is 17.9. The largest absolute Gasteiger partial charge is 0.497 e. The van der Waals surface area contributed by atoms with Crippen LogP contribution in [0.1, 0.15) is 35.6 Å². The number of thioether (sulfide) groups is 1. The third kappa shape index (κ3) is 5.56. The number of halogens is 1. The zero-order valence-corrected chi connectivity index (χ0v) is 21.2. The fourth-order valence-electron chi connectivity index (χ4n) is 4.30. The molecule has 37 heavy (non-hydrogen) atoms. The topological polar surface area (TPSA) is 83.4 Å². The van der Waals surface area contributed by atoms with Crippen LogP contribution in [0.25, 0.3) is 0 Å². The number of benzene rings is 3. The first-order valence-electron chi connectivity index (χ1n) is 11.8. The zero-order chi connectivity index (χ0) is 25.9. The highest BCUT2D eigenvalue weighted by molar-refractivity contribution is 8.15. The third-order valence-electron chi connectivity index (χ3n) is 6.19. The van der Waals surface area contributed by atoms with Crippen LogP contribution < -0.4 is 10.1 Å². The Bertz CT molecular complexity index is 1390.